The van der Waals surface area contributed by atoms with E-state index < -0.39 is 0 Å². The van der Waals surface area contributed by atoms with Gasteiger partial charge in [0.05, 0.1) is 11.2 Å². The highest BCUT2D eigenvalue weighted by Gasteiger charge is 2.16. The van der Waals surface area contributed by atoms with Crippen molar-refractivity contribution in [2.75, 3.05) is 13.2 Å². The van der Waals surface area contributed by atoms with Crippen LogP contribution < -0.4 is 9.47 Å². The fourth-order valence-corrected chi connectivity index (χ4v) is 3.07. The van der Waals surface area contributed by atoms with E-state index in [2.05, 4.69) is 15.3 Å². The number of nitrogens with one attached hydrogen (secondary N) is 1. The largest absolute Gasteiger partial charge is 0.486 e. The molecule has 3 aromatic rings. The fraction of sp³-hybridized carbons (Fsp3) is 0.167. The number of aryl methyl sites for hydroxylation is 1. The van der Waals surface area contributed by atoms with Gasteiger partial charge in [0.2, 0.25) is 4.77 Å². The van der Waals surface area contributed by atoms with Gasteiger partial charge in [-0.2, -0.15) is 14.9 Å². The van der Waals surface area contributed by atoms with Crippen LogP contribution in [0.1, 0.15) is 11.1 Å². The first-order valence-corrected chi connectivity index (χ1v) is 8.78. The Morgan fingerprint density at radius 2 is 2.00 bits per heavy atom. The molecule has 0 bridgehead atoms. The molecule has 0 fully saturated rings. The molecule has 8 heteroatoms. The van der Waals surface area contributed by atoms with E-state index in [1.54, 1.807) is 17.0 Å². The van der Waals surface area contributed by atoms with Crippen molar-refractivity contribution < 1.29 is 9.47 Å². The second-order valence-corrected chi connectivity index (χ2v) is 6.60. The van der Waals surface area contributed by atoms with E-state index in [0.29, 0.717) is 40.3 Å². The molecule has 4 rings (SSSR count). The molecule has 0 radical (unpaired) electrons. The van der Waals surface area contributed by atoms with E-state index in [1.165, 1.54) is 5.56 Å². The van der Waals surface area contributed by atoms with Crippen molar-refractivity contribution in [1.82, 2.24) is 14.9 Å². The standard InChI is InChI=1S/C18H15ClN4O2S/c1-11-2-4-13(5-3-11)17-21-22-18(26)23(17)20-10-12-8-14(19)16-15(9-12)24-6-7-25-16/h2-5,8-10H,6-7H2,1H3,(H,22,26)/b20-10-. The van der Waals surface area contributed by atoms with Crippen LogP contribution in [0.3, 0.4) is 0 Å². The number of fused-ring (bicyclic) bond motifs is 1. The normalized spacial score (nSPS) is 13.3. The summed E-state index contributed by atoms with van der Waals surface area (Å²) in [6.45, 7) is 3.02. The van der Waals surface area contributed by atoms with Crippen LogP contribution in [-0.2, 0) is 0 Å². The van der Waals surface area contributed by atoms with E-state index in [9.17, 15) is 0 Å². The van der Waals surface area contributed by atoms with Crippen LogP contribution in [0.4, 0.5) is 0 Å². The van der Waals surface area contributed by atoms with Crippen LogP contribution in [0.15, 0.2) is 41.5 Å². The first-order chi connectivity index (χ1) is 12.6. The first kappa shape index (κ1) is 16.8. The van der Waals surface area contributed by atoms with Gasteiger partial charge in [-0.05, 0) is 36.8 Å². The summed E-state index contributed by atoms with van der Waals surface area (Å²) < 4.78 is 13.1. The fourth-order valence-electron chi connectivity index (χ4n) is 2.62. The summed E-state index contributed by atoms with van der Waals surface area (Å²) in [7, 11) is 0. The summed E-state index contributed by atoms with van der Waals surface area (Å²) in [5.41, 5.74) is 2.86. The molecule has 0 saturated heterocycles. The molecule has 1 aromatic heterocycles. The lowest BCUT2D eigenvalue weighted by Crippen LogP contribution is -2.15. The molecular weight excluding hydrogens is 372 g/mol. The van der Waals surface area contributed by atoms with Gasteiger partial charge in [0, 0.05) is 5.56 Å². The van der Waals surface area contributed by atoms with Gasteiger partial charge >= 0.3 is 0 Å². The van der Waals surface area contributed by atoms with Crippen molar-refractivity contribution in [3.05, 3.63) is 57.3 Å². The highest BCUT2D eigenvalue weighted by molar-refractivity contribution is 7.71. The average molecular weight is 387 g/mol. The number of H-pyrrole nitrogens is 1. The summed E-state index contributed by atoms with van der Waals surface area (Å²) in [6.07, 6.45) is 1.66. The first-order valence-electron chi connectivity index (χ1n) is 8.00. The second-order valence-electron chi connectivity index (χ2n) is 5.80. The third-order valence-corrected chi connectivity index (χ3v) is 4.45. The minimum Gasteiger partial charge on any atom is -0.486 e. The molecule has 1 N–H and O–H groups in total. The zero-order valence-electron chi connectivity index (χ0n) is 13.9. The topological polar surface area (TPSA) is 64.4 Å². The summed E-state index contributed by atoms with van der Waals surface area (Å²) in [6, 6.07) is 11.6. The molecule has 0 spiro atoms. The summed E-state index contributed by atoms with van der Waals surface area (Å²) >= 11 is 11.6. The maximum atomic E-state index is 6.27. The quantitative estimate of drug-likeness (QED) is 0.540. The molecule has 1 aliphatic heterocycles. The minimum atomic E-state index is 0.403. The number of aromatic nitrogens is 3. The molecule has 6 nitrogen and oxygen atoms in total. The molecule has 0 saturated carbocycles. The third kappa shape index (κ3) is 3.23. The van der Waals surface area contributed by atoms with Crippen molar-refractivity contribution in [2.45, 2.75) is 6.92 Å². The van der Waals surface area contributed by atoms with Gasteiger partial charge in [-0.15, -0.1) is 0 Å². The van der Waals surface area contributed by atoms with Crippen molar-refractivity contribution >= 4 is 30.0 Å². The number of hydrogen-bond acceptors (Lipinski definition) is 5. The Hall–Kier alpha value is -2.64. The lowest BCUT2D eigenvalue weighted by Gasteiger charge is -2.19. The predicted octanol–water partition coefficient (Wildman–Crippen LogP) is 4.22. The Morgan fingerprint density at radius 3 is 2.81 bits per heavy atom. The number of nitrogens with zero attached hydrogens (tertiary/aromatic N) is 3. The van der Waals surface area contributed by atoms with Crippen molar-refractivity contribution in [3.8, 4) is 22.9 Å². The number of ether oxygens (including phenoxy) is 2. The van der Waals surface area contributed by atoms with Crippen LogP contribution >= 0.6 is 23.8 Å². The summed E-state index contributed by atoms with van der Waals surface area (Å²) in [4.78, 5) is 0. The molecule has 1 aliphatic rings. The van der Waals surface area contributed by atoms with Crippen LogP contribution in [0.2, 0.25) is 5.02 Å². The monoisotopic (exact) mass is 386 g/mol. The highest BCUT2D eigenvalue weighted by Crippen LogP contribution is 2.37. The van der Waals surface area contributed by atoms with Gasteiger partial charge in [0.25, 0.3) is 0 Å². The Bertz CT molecular complexity index is 1040. The van der Waals surface area contributed by atoms with Gasteiger partial charge in [0.1, 0.15) is 13.2 Å². The molecule has 0 aliphatic carbocycles. The van der Waals surface area contributed by atoms with E-state index >= 15 is 0 Å². The van der Waals surface area contributed by atoms with Crippen LogP contribution in [0, 0.1) is 11.7 Å². The SMILES string of the molecule is Cc1ccc(-c2n[nH]c(=S)n2/N=C\c2cc(Cl)c3c(c2)OCCO3)cc1. The molecule has 0 amide bonds. The molecule has 26 heavy (non-hydrogen) atoms. The lowest BCUT2D eigenvalue weighted by molar-refractivity contribution is 0.171. The Morgan fingerprint density at radius 1 is 1.23 bits per heavy atom. The zero-order chi connectivity index (χ0) is 18.1. The van der Waals surface area contributed by atoms with Gasteiger partial charge in [-0.25, -0.2) is 5.10 Å². The molecule has 0 atom stereocenters. The van der Waals surface area contributed by atoms with Gasteiger partial charge in [0.15, 0.2) is 17.3 Å². The maximum absolute atomic E-state index is 6.27. The highest BCUT2D eigenvalue weighted by atomic mass is 35.5. The van der Waals surface area contributed by atoms with Crippen molar-refractivity contribution in [3.63, 3.8) is 0 Å². The summed E-state index contributed by atoms with van der Waals surface area (Å²) in [5, 5.41) is 12.0. The Kier molecular flexibility index (Phi) is 4.48. The number of halogens is 1. The van der Waals surface area contributed by atoms with E-state index in [-0.39, 0.29) is 0 Å². The third-order valence-electron chi connectivity index (χ3n) is 3.90. The van der Waals surface area contributed by atoms with Gasteiger partial charge in [-0.3, -0.25) is 0 Å². The molecule has 2 aromatic carbocycles. The molecular formula is C18H15ClN4O2S. The molecule has 2 heterocycles. The predicted molar refractivity (Wildman–Crippen MR) is 103 cm³/mol. The van der Waals surface area contributed by atoms with E-state index in [4.69, 9.17) is 33.3 Å². The van der Waals surface area contributed by atoms with Crippen LogP contribution in [0.25, 0.3) is 11.4 Å². The number of aromatic amines is 1. The van der Waals surface area contributed by atoms with E-state index in [1.807, 2.05) is 37.3 Å². The van der Waals surface area contributed by atoms with Gasteiger partial charge < -0.3 is 9.47 Å². The van der Waals surface area contributed by atoms with E-state index in [0.717, 1.165) is 11.1 Å². The van der Waals surface area contributed by atoms with Crippen LogP contribution in [0.5, 0.6) is 11.5 Å². The number of hydrogen-bond donors (Lipinski definition) is 1. The summed E-state index contributed by atoms with van der Waals surface area (Å²) in [5.74, 6) is 1.81. The van der Waals surface area contributed by atoms with Gasteiger partial charge in [-0.1, -0.05) is 41.4 Å². The number of rotatable bonds is 3. The maximum Gasteiger partial charge on any atom is 0.216 e. The molecule has 0 unspecified atom stereocenters. The zero-order valence-corrected chi connectivity index (χ0v) is 15.5. The Labute approximate surface area is 160 Å². The van der Waals surface area contributed by atoms with Crippen molar-refractivity contribution in [1.29, 1.82) is 0 Å². The second kappa shape index (κ2) is 6.93. The number of benzene rings is 2. The van der Waals surface area contributed by atoms with Crippen LogP contribution in [-0.4, -0.2) is 34.3 Å². The van der Waals surface area contributed by atoms with Crippen molar-refractivity contribution in [2.24, 2.45) is 5.10 Å². The smallest absolute Gasteiger partial charge is 0.216 e. The average Bonchev–Trinajstić information content (AvgIpc) is 3.01. The minimum absolute atomic E-state index is 0.403. The Balaban J connectivity index is 1.70. The molecule has 132 valence electrons. The lowest BCUT2D eigenvalue weighted by atomic mass is 10.1.